The number of allylic oxidation sites excluding steroid dienone is 2. The molecule has 0 N–H and O–H groups in total. The average molecular weight is 304 g/mol. The van der Waals surface area contributed by atoms with Crippen molar-refractivity contribution in [2.45, 2.75) is 64.5 Å². The van der Waals surface area contributed by atoms with E-state index in [9.17, 15) is 9.59 Å². The average Bonchev–Trinajstić information content (AvgIpc) is 2.77. The van der Waals surface area contributed by atoms with Crippen LogP contribution in [0, 0.1) is 28.6 Å². The van der Waals surface area contributed by atoms with Gasteiger partial charge in [-0.2, -0.15) is 0 Å². The highest BCUT2D eigenvalue weighted by Gasteiger charge is 2.67. The van der Waals surface area contributed by atoms with Crippen LogP contribution in [0.2, 0.25) is 0 Å². The van der Waals surface area contributed by atoms with Gasteiger partial charge in [0.25, 0.3) is 0 Å². The summed E-state index contributed by atoms with van der Waals surface area (Å²) in [4.78, 5) is 24.1. The van der Waals surface area contributed by atoms with E-state index in [4.69, 9.17) is 0 Å². The molecule has 3 heteroatoms. The molecule has 0 spiro atoms. The second-order valence-corrected chi connectivity index (χ2v) is 8.57. The molecule has 4 aliphatic carbocycles. The summed E-state index contributed by atoms with van der Waals surface area (Å²) in [5, 5.41) is 0. The smallest absolute Gasteiger partial charge is 0.161 e. The lowest BCUT2D eigenvalue weighted by Crippen LogP contribution is -2.63. The first-order chi connectivity index (χ1) is 10.3. The lowest BCUT2D eigenvalue weighted by atomic mass is 9.43. The molecule has 4 aliphatic rings. The predicted molar refractivity (Wildman–Crippen MR) is 82.0 cm³/mol. The quantitative estimate of drug-likeness (QED) is 0.677. The molecule has 0 saturated heterocycles. The van der Waals surface area contributed by atoms with Crippen LogP contribution >= 0.6 is 0 Å². The van der Waals surface area contributed by atoms with Gasteiger partial charge in [0.1, 0.15) is 11.5 Å². The van der Waals surface area contributed by atoms with E-state index < -0.39 is 5.67 Å². The molecule has 1 unspecified atom stereocenters. The van der Waals surface area contributed by atoms with E-state index in [1.807, 2.05) is 13.0 Å². The first-order valence-corrected chi connectivity index (χ1v) is 8.74. The molecule has 0 amide bonds. The number of carbonyl (C=O) groups excluding carboxylic acids is 2. The molecule has 0 heterocycles. The summed E-state index contributed by atoms with van der Waals surface area (Å²) in [6.45, 7) is 4.11. The Morgan fingerprint density at radius 3 is 2.68 bits per heavy atom. The number of Topliss-reactive ketones (excluding diaryl/α,β-unsaturated/α-hetero) is 1. The molecule has 0 bridgehead atoms. The van der Waals surface area contributed by atoms with Gasteiger partial charge in [-0.25, -0.2) is 4.39 Å². The minimum atomic E-state index is -1.21. The first-order valence-electron chi connectivity index (χ1n) is 8.74. The third-order valence-corrected chi connectivity index (χ3v) is 7.86. The number of halogens is 1. The van der Waals surface area contributed by atoms with E-state index in [-0.39, 0.29) is 34.4 Å². The van der Waals surface area contributed by atoms with Gasteiger partial charge in [0, 0.05) is 29.6 Å². The van der Waals surface area contributed by atoms with Crippen LogP contribution in [0.4, 0.5) is 4.39 Å². The van der Waals surface area contributed by atoms with Crippen LogP contribution in [0.3, 0.4) is 0 Å². The summed E-state index contributed by atoms with van der Waals surface area (Å²) in [5.41, 5.74) is -1.98. The Hall–Kier alpha value is -0.990. The summed E-state index contributed by atoms with van der Waals surface area (Å²) in [6.07, 6.45) is 8.34. The van der Waals surface area contributed by atoms with Crippen molar-refractivity contribution in [1.29, 1.82) is 0 Å². The standard InChI is InChI=1S/C19H25FO2/c1-17-9-10-19(20)15(14(17)5-6-16(17)22)4-3-12-11-13(21)7-8-18(12,19)2/h5-6,12,14-15H,3-4,7-11H2,1-2H3/t12?,14-,15-,17-,18-,19+/m0/s1. The Morgan fingerprint density at radius 1 is 1.14 bits per heavy atom. The lowest BCUT2D eigenvalue weighted by Gasteiger charge is -2.62. The maximum atomic E-state index is 16.3. The number of alkyl halides is 1. The predicted octanol–water partition coefficient (Wildman–Crippen LogP) is 4.04. The summed E-state index contributed by atoms with van der Waals surface area (Å²) < 4.78 is 16.3. The highest BCUT2D eigenvalue weighted by Crippen LogP contribution is 2.67. The van der Waals surface area contributed by atoms with Gasteiger partial charge in [-0.1, -0.05) is 19.9 Å². The Kier molecular flexibility index (Phi) is 2.85. The van der Waals surface area contributed by atoms with Gasteiger partial charge < -0.3 is 0 Å². The third kappa shape index (κ3) is 1.55. The zero-order valence-corrected chi connectivity index (χ0v) is 13.5. The van der Waals surface area contributed by atoms with E-state index in [0.717, 1.165) is 12.8 Å². The lowest BCUT2D eigenvalue weighted by molar-refractivity contribution is -0.186. The molecule has 0 aliphatic heterocycles. The fourth-order valence-electron chi connectivity index (χ4n) is 6.21. The fraction of sp³-hybridized carbons (Fsp3) is 0.789. The maximum absolute atomic E-state index is 16.3. The highest BCUT2D eigenvalue weighted by molar-refractivity contribution is 5.97. The van der Waals surface area contributed by atoms with Crippen molar-refractivity contribution in [2.24, 2.45) is 28.6 Å². The summed E-state index contributed by atoms with van der Waals surface area (Å²) >= 11 is 0. The number of ketones is 2. The van der Waals surface area contributed by atoms with Gasteiger partial charge in [-0.15, -0.1) is 0 Å². The normalized spacial score (nSPS) is 53.9. The summed E-state index contributed by atoms with van der Waals surface area (Å²) in [7, 11) is 0. The Labute approximate surface area is 131 Å². The van der Waals surface area contributed by atoms with E-state index in [1.54, 1.807) is 6.08 Å². The van der Waals surface area contributed by atoms with Crippen LogP contribution in [0.15, 0.2) is 12.2 Å². The van der Waals surface area contributed by atoms with Crippen molar-refractivity contribution < 1.29 is 14.0 Å². The van der Waals surface area contributed by atoms with Crippen LogP contribution in [0.1, 0.15) is 58.8 Å². The van der Waals surface area contributed by atoms with Crippen LogP contribution in [-0.4, -0.2) is 17.2 Å². The molecular weight excluding hydrogens is 279 g/mol. The molecule has 2 nitrogen and oxygen atoms in total. The number of rotatable bonds is 0. The van der Waals surface area contributed by atoms with Crippen molar-refractivity contribution in [2.75, 3.05) is 0 Å². The number of fused-ring (bicyclic) bond motifs is 5. The van der Waals surface area contributed by atoms with E-state index in [1.165, 1.54) is 0 Å². The van der Waals surface area contributed by atoms with Crippen molar-refractivity contribution >= 4 is 11.6 Å². The molecule has 3 fully saturated rings. The van der Waals surface area contributed by atoms with E-state index in [0.29, 0.717) is 37.9 Å². The zero-order valence-electron chi connectivity index (χ0n) is 13.5. The minimum Gasteiger partial charge on any atom is -0.300 e. The van der Waals surface area contributed by atoms with Crippen LogP contribution in [0.5, 0.6) is 0 Å². The second kappa shape index (κ2) is 4.30. The third-order valence-electron chi connectivity index (χ3n) is 7.86. The first kappa shape index (κ1) is 14.6. The van der Waals surface area contributed by atoms with Gasteiger partial charge >= 0.3 is 0 Å². The maximum Gasteiger partial charge on any atom is 0.161 e. The van der Waals surface area contributed by atoms with E-state index >= 15 is 4.39 Å². The largest absolute Gasteiger partial charge is 0.300 e. The molecule has 0 radical (unpaired) electrons. The molecule has 120 valence electrons. The van der Waals surface area contributed by atoms with Crippen molar-refractivity contribution in [3.05, 3.63) is 12.2 Å². The summed E-state index contributed by atoms with van der Waals surface area (Å²) in [6, 6.07) is 0. The number of hydrogen-bond donors (Lipinski definition) is 0. The van der Waals surface area contributed by atoms with Gasteiger partial charge in [-0.3, -0.25) is 9.59 Å². The van der Waals surface area contributed by atoms with Gasteiger partial charge in [0.05, 0.1) is 0 Å². The molecule has 3 saturated carbocycles. The van der Waals surface area contributed by atoms with E-state index in [2.05, 4.69) is 6.92 Å². The van der Waals surface area contributed by atoms with Gasteiger partial charge in [0.15, 0.2) is 5.78 Å². The number of hydrogen-bond acceptors (Lipinski definition) is 2. The Balaban J connectivity index is 1.74. The zero-order chi connectivity index (χ0) is 15.8. The molecule has 0 aromatic rings. The topological polar surface area (TPSA) is 34.1 Å². The SMILES string of the molecule is C[C@]12CCC(=O)CC1CC[C@H]1[C@@H]3C=CC(=O)[C@@]3(C)CC[C@@]12F. The Morgan fingerprint density at radius 2 is 1.91 bits per heavy atom. The van der Waals surface area contributed by atoms with Crippen LogP contribution in [-0.2, 0) is 9.59 Å². The molecular formula is C19H25FO2. The molecule has 0 aromatic carbocycles. The number of carbonyl (C=O) groups is 2. The van der Waals surface area contributed by atoms with Gasteiger partial charge in [-0.05, 0) is 50.0 Å². The fourth-order valence-corrected chi connectivity index (χ4v) is 6.21. The second-order valence-electron chi connectivity index (χ2n) is 8.57. The van der Waals surface area contributed by atoms with Gasteiger partial charge in [0.2, 0.25) is 0 Å². The molecule has 6 atom stereocenters. The Bertz CT molecular complexity index is 582. The summed E-state index contributed by atoms with van der Waals surface area (Å²) in [5.74, 6) is 0.685. The van der Waals surface area contributed by atoms with Crippen molar-refractivity contribution in [1.82, 2.24) is 0 Å². The molecule has 4 rings (SSSR count). The monoisotopic (exact) mass is 304 g/mol. The molecule has 0 aromatic heterocycles. The highest BCUT2D eigenvalue weighted by atomic mass is 19.1. The van der Waals surface area contributed by atoms with Crippen molar-refractivity contribution in [3.8, 4) is 0 Å². The molecule has 22 heavy (non-hydrogen) atoms. The van der Waals surface area contributed by atoms with Crippen LogP contribution < -0.4 is 0 Å². The van der Waals surface area contributed by atoms with Crippen LogP contribution in [0.25, 0.3) is 0 Å². The van der Waals surface area contributed by atoms with Crippen molar-refractivity contribution in [3.63, 3.8) is 0 Å². The minimum absolute atomic E-state index is 0.0501.